The molecule has 0 saturated carbocycles. The quantitative estimate of drug-likeness (QED) is 0.763. The van der Waals surface area contributed by atoms with Gasteiger partial charge in [-0.05, 0) is 24.3 Å². The van der Waals surface area contributed by atoms with Gasteiger partial charge in [-0.1, -0.05) is 0 Å². The van der Waals surface area contributed by atoms with Crippen LogP contribution in [0.15, 0.2) is 43.0 Å². The average molecular weight is 285 g/mol. The standard InChI is InChI=1S/C13H12FN7/c1-15-11-18-12(17-10-4-2-9(14)3-5-10)20-13(19-11)21-7-6-16-8-21/h2-8H,1H3,(H2,15,17,18,19,20). The molecule has 0 spiro atoms. The second kappa shape index (κ2) is 5.53. The Morgan fingerprint density at radius 1 is 1.05 bits per heavy atom. The van der Waals surface area contributed by atoms with Gasteiger partial charge in [0.15, 0.2) is 0 Å². The minimum Gasteiger partial charge on any atom is -0.357 e. The average Bonchev–Trinajstić information content (AvgIpc) is 3.04. The van der Waals surface area contributed by atoms with Crippen LogP contribution in [0, 0.1) is 5.82 Å². The lowest BCUT2D eigenvalue weighted by Crippen LogP contribution is -2.08. The SMILES string of the molecule is CNc1nc(Nc2ccc(F)cc2)nc(-n2ccnc2)n1. The number of nitrogens with zero attached hydrogens (tertiary/aromatic N) is 5. The fraction of sp³-hybridized carbons (Fsp3) is 0.0769. The van der Waals surface area contributed by atoms with E-state index in [1.807, 2.05) is 0 Å². The molecule has 0 bridgehead atoms. The molecule has 0 aliphatic heterocycles. The Bertz CT molecular complexity index is 725. The molecule has 7 nitrogen and oxygen atoms in total. The first-order valence-electron chi connectivity index (χ1n) is 6.19. The van der Waals surface area contributed by atoms with E-state index in [4.69, 9.17) is 0 Å². The van der Waals surface area contributed by atoms with Gasteiger partial charge in [-0.25, -0.2) is 9.37 Å². The Balaban J connectivity index is 1.94. The molecule has 0 saturated heterocycles. The minimum absolute atomic E-state index is 0.300. The van der Waals surface area contributed by atoms with Crippen molar-refractivity contribution in [2.75, 3.05) is 17.7 Å². The van der Waals surface area contributed by atoms with Gasteiger partial charge in [0.1, 0.15) is 12.1 Å². The second-order valence-corrected chi connectivity index (χ2v) is 4.13. The largest absolute Gasteiger partial charge is 0.357 e. The van der Waals surface area contributed by atoms with Crippen molar-refractivity contribution in [3.05, 3.63) is 48.8 Å². The van der Waals surface area contributed by atoms with Crippen LogP contribution in [0.4, 0.5) is 22.0 Å². The van der Waals surface area contributed by atoms with Crippen molar-refractivity contribution in [3.8, 4) is 5.95 Å². The van der Waals surface area contributed by atoms with Crippen molar-refractivity contribution in [2.45, 2.75) is 0 Å². The Morgan fingerprint density at radius 2 is 1.81 bits per heavy atom. The van der Waals surface area contributed by atoms with Crippen molar-refractivity contribution in [2.24, 2.45) is 0 Å². The molecular formula is C13H12FN7. The molecule has 21 heavy (non-hydrogen) atoms. The summed E-state index contributed by atoms with van der Waals surface area (Å²) in [7, 11) is 1.72. The number of rotatable bonds is 4. The molecule has 8 heteroatoms. The van der Waals surface area contributed by atoms with Crippen LogP contribution >= 0.6 is 0 Å². The maximum Gasteiger partial charge on any atom is 0.241 e. The molecule has 3 rings (SSSR count). The topological polar surface area (TPSA) is 80.5 Å². The minimum atomic E-state index is -0.300. The van der Waals surface area contributed by atoms with E-state index >= 15 is 0 Å². The van der Waals surface area contributed by atoms with Gasteiger partial charge in [0.05, 0.1) is 0 Å². The van der Waals surface area contributed by atoms with Crippen LogP contribution < -0.4 is 10.6 Å². The molecule has 2 N–H and O–H groups in total. The first-order valence-corrected chi connectivity index (χ1v) is 6.19. The molecule has 0 fully saturated rings. The summed E-state index contributed by atoms with van der Waals surface area (Å²) in [5.74, 6) is 0.894. The third-order valence-corrected chi connectivity index (χ3v) is 2.68. The lowest BCUT2D eigenvalue weighted by Gasteiger charge is -2.08. The summed E-state index contributed by atoms with van der Waals surface area (Å²) in [6.07, 6.45) is 4.96. The van der Waals surface area contributed by atoms with E-state index in [1.165, 1.54) is 12.1 Å². The van der Waals surface area contributed by atoms with Gasteiger partial charge in [-0.2, -0.15) is 15.0 Å². The van der Waals surface area contributed by atoms with Crippen molar-refractivity contribution >= 4 is 17.6 Å². The molecule has 2 heterocycles. The fourth-order valence-electron chi connectivity index (χ4n) is 1.69. The Morgan fingerprint density at radius 3 is 2.48 bits per heavy atom. The van der Waals surface area contributed by atoms with Gasteiger partial charge in [0, 0.05) is 25.1 Å². The van der Waals surface area contributed by atoms with Gasteiger partial charge in [-0.15, -0.1) is 0 Å². The molecule has 106 valence electrons. The summed E-state index contributed by atoms with van der Waals surface area (Å²) in [5, 5.41) is 5.87. The summed E-state index contributed by atoms with van der Waals surface area (Å²) < 4.78 is 14.6. The van der Waals surface area contributed by atoms with E-state index in [0.717, 1.165) is 0 Å². The van der Waals surface area contributed by atoms with E-state index in [2.05, 4.69) is 30.6 Å². The molecule has 0 unspecified atom stereocenters. The summed E-state index contributed by atoms with van der Waals surface area (Å²) in [4.78, 5) is 16.7. The zero-order valence-corrected chi connectivity index (χ0v) is 11.2. The molecule has 0 aliphatic carbocycles. The third-order valence-electron chi connectivity index (χ3n) is 2.68. The highest BCUT2D eigenvalue weighted by molar-refractivity contribution is 5.54. The van der Waals surface area contributed by atoms with Crippen LogP contribution in [0.1, 0.15) is 0 Å². The molecule has 0 aliphatic rings. The van der Waals surface area contributed by atoms with E-state index in [-0.39, 0.29) is 5.82 Å². The highest BCUT2D eigenvalue weighted by Gasteiger charge is 2.07. The Kier molecular flexibility index (Phi) is 3.42. The van der Waals surface area contributed by atoms with Gasteiger partial charge in [0.2, 0.25) is 17.8 Å². The van der Waals surface area contributed by atoms with Crippen LogP contribution in [0.25, 0.3) is 5.95 Å². The number of aromatic nitrogens is 5. The van der Waals surface area contributed by atoms with E-state index < -0.39 is 0 Å². The smallest absolute Gasteiger partial charge is 0.241 e. The number of nitrogens with one attached hydrogen (secondary N) is 2. The van der Waals surface area contributed by atoms with Crippen molar-refractivity contribution < 1.29 is 4.39 Å². The molecule has 0 amide bonds. The number of halogens is 1. The third kappa shape index (κ3) is 2.94. The van der Waals surface area contributed by atoms with Crippen molar-refractivity contribution in [1.29, 1.82) is 0 Å². The van der Waals surface area contributed by atoms with Crippen molar-refractivity contribution in [1.82, 2.24) is 24.5 Å². The van der Waals surface area contributed by atoms with Crippen LogP contribution in [-0.4, -0.2) is 31.6 Å². The number of anilines is 3. The van der Waals surface area contributed by atoms with Crippen LogP contribution in [0.3, 0.4) is 0 Å². The molecule has 1 aromatic carbocycles. The Hall–Kier alpha value is -3.03. The van der Waals surface area contributed by atoms with Gasteiger partial charge < -0.3 is 10.6 Å². The van der Waals surface area contributed by atoms with Crippen molar-refractivity contribution in [3.63, 3.8) is 0 Å². The summed E-state index contributed by atoms with van der Waals surface area (Å²) in [5.41, 5.74) is 0.682. The van der Waals surface area contributed by atoms with Crippen LogP contribution in [0.2, 0.25) is 0 Å². The van der Waals surface area contributed by atoms with Crippen LogP contribution in [0.5, 0.6) is 0 Å². The van der Waals surface area contributed by atoms with Gasteiger partial charge >= 0.3 is 0 Å². The normalized spacial score (nSPS) is 10.4. The second-order valence-electron chi connectivity index (χ2n) is 4.13. The number of benzene rings is 1. The summed E-state index contributed by atoms with van der Waals surface area (Å²) in [6.45, 7) is 0. The maximum absolute atomic E-state index is 12.9. The first kappa shape index (κ1) is 13.0. The lowest BCUT2D eigenvalue weighted by atomic mass is 10.3. The summed E-state index contributed by atoms with van der Waals surface area (Å²) >= 11 is 0. The van der Waals surface area contributed by atoms with Gasteiger partial charge in [0.25, 0.3) is 0 Å². The molecular weight excluding hydrogens is 273 g/mol. The molecule has 2 aromatic heterocycles. The van der Waals surface area contributed by atoms with E-state index in [9.17, 15) is 4.39 Å². The monoisotopic (exact) mass is 285 g/mol. The highest BCUT2D eigenvalue weighted by Crippen LogP contribution is 2.15. The predicted octanol–water partition coefficient (Wildman–Crippen LogP) is 1.98. The zero-order chi connectivity index (χ0) is 14.7. The summed E-state index contributed by atoms with van der Waals surface area (Å²) in [6, 6.07) is 5.93. The first-order chi connectivity index (χ1) is 10.2. The number of hydrogen-bond donors (Lipinski definition) is 2. The maximum atomic E-state index is 12.9. The molecule has 3 aromatic rings. The highest BCUT2D eigenvalue weighted by atomic mass is 19.1. The van der Waals surface area contributed by atoms with E-state index in [1.54, 1.807) is 42.5 Å². The Labute approximate surface area is 119 Å². The van der Waals surface area contributed by atoms with E-state index in [0.29, 0.717) is 23.5 Å². The molecule has 0 atom stereocenters. The fourth-order valence-corrected chi connectivity index (χ4v) is 1.69. The predicted molar refractivity (Wildman–Crippen MR) is 76.2 cm³/mol. The van der Waals surface area contributed by atoms with Crippen LogP contribution in [-0.2, 0) is 0 Å². The number of hydrogen-bond acceptors (Lipinski definition) is 6. The zero-order valence-electron chi connectivity index (χ0n) is 11.2. The van der Waals surface area contributed by atoms with Gasteiger partial charge in [-0.3, -0.25) is 4.57 Å². The number of imidazole rings is 1. The molecule has 0 radical (unpaired) electrons. The lowest BCUT2D eigenvalue weighted by molar-refractivity contribution is 0.628.